The lowest BCUT2D eigenvalue weighted by Gasteiger charge is -2.00. The molecule has 0 spiro atoms. The molecule has 1 heterocycles. The van der Waals surface area contributed by atoms with Crippen LogP contribution in [0, 0.1) is 6.92 Å². The monoisotopic (exact) mass is 228 g/mol. The number of nitrogens with one attached hydrogen (secondary N) is 1. The molecule has 14 heavy (non-hydrogen) atoms. The van der Waals surface area contributed by atoms with Crippen LogP contribution in [0.1, 0.15) is 18.5 Å². The van der Waals surface area contributed by atoms with Crippen LogP contribution in [-0.2, 0) is 4.79 Å². The van der Waals surface area contributed by atoms with E-state index in [0.717, 1.165) is 22.9 Å². The molecule has 0 saturated heterocycles. The number of carbonyl (C=O) groups excluding carboxylic acids is 1. The zero-order valence-corrected chi connectivity index (χ0v) is 9.58. The second-order valence-electron chi connectivity index (χ2n) is 3.39. The smallest absolute Gasteiger partial charge is 0.230 e. The molecule has 76 valence electrons. The number of amides is 1. The Balaban J connectivity index is 1.73. The van der Waals surface area contributed by atoms with Gasteiger partial charge in [-0.1, -0.05) is 11.8 Å². The SMILES string of the molecule is Cc1csc(SCC(=O)NC2CC2)n1. The zero-order chi connectivity index (χ0) is 9.97. The van der Waals surface area contributed by atoms with E-state index in [4.69, 9.17) is 0 Å². The molecule has 3 nitrogen and oxygen atoms in total. The average Bonchev–Trinajstić information content (AvgIpc) is 2.85. The molecule has 1 N–H and O–H groups in total. The molecule has 0 unspecified atom stereocenters. The van der Waals surface area contributed by atoms with Crippen LogP contribution in [0.5, 0.6) is 0 Å². The maximum atomic E-state index is 11.3. The highest BCUT2D eigenvalue weighted by atomic mass is 32.2. The Labute approximate surface area is 91.3 Å². The van der Waals surface area contributed by atoms with Gasteiger partial charge in [0.1, 0.15) is 0 Å². The van der Waals surface area contributed by atoms with Crippen molar-refractivity contribution in [1.29, 1.82) is 0 Å². The van der Waals surface area contributed by atoms with Crippen molar-refractivity contribution in [2.24, 2.45) is 0 Å². The second kappa shape index (κ2) is 4.31. The van der Waals surface area contributed by atoms with E-state index in [0.29, 0.717) is 11.8 Å². The van der Waals surface area contributed by atoms with Crippen molar-refractivity contribution < 1.29 is 4.79 Å². The molecule has 1 amide bonds. The van der Waals surface area contributed by atoms with Crippen LogP contribution in [0.2, 0.25) is 0 Å². The summed E-state index contributed by atoms with van der Waals surface area (Å²) in [5, 5.41) is 4.95. The van der Waals surface area contributed by atoms with Gasteiger partial charge in [-0.2, -0.15) is 0 Å². The van der Waals surface area contributed by atoms with E-state index >= 15 is 0 Å². The Morgan fingerprint density at radius 1 is 1.79 bits per heavy atom. The molecule has 1 aliphatic rings. The number of rotatable bonds is 4. The Hall–Kier alpha value is -0.550. The normalized spacial score (nSPS) is 15.5. The average molecular weight is 228 g/mol. The Bertz CT molecular complexity index is 333. The largest absolute Gasteiger partial charge is 0.353 e. The third-order valence-corrected chi connectivity index (χ3v) is 4.01. The van der Waals surface area contributed by atoms with Gasteiger partial charge >= 0.3 is 0 Å². The number of hydrogen-bond donors (Lipinski definition) is 1. The molecule has 1 aromatic heterocycles. The molecular formula is C9H12N2OS2. The first-order valence-corrected chi connectivity index (χ1v) is 6.45. The van der Waals surface area contributed by atoms with Crippen molar-refractivity contribution in [3.05, 3.63) is 11.1 Å². The van der Waals surface area contributed by atoms with E-state index in [2.05, 4.69) is 10.3 Å². The summed E-state index contributed by atoms with van der Waals surface area (Å²) in [5.41, 5.74) is 1.03. The van der Waals surface area contributed by atoms with Gasteiger partial charge in [0.2, 0.25) is 5.91 Å². The first kappa shape index (κ1) is 9.98. The van der Waals surface area contributed by atoms with Gasteiger partial charge in [-0.25, -0.2) is 4.98 Å². The third kappa shape index (κ3) is 2.99. The van der Waals surface area contributed by atoms with Crippen molar-refractivity contribution in [3.63, 3.8) is 0 Å². The maximum Gasteiger partial charge on any atom is 0.230 e. The van der Waals surface area contributed by atoms with Gasteiger partial charge in [0.15, 0.2) is 4.34 Å². The summed E-state index contributed by atoms with van der Waals surface area (Å²) in [5.74, 6) is 0.619. The second-order valence-corrected chi connectivity index (χ2v) is 5.47. The summed E-state index contributed by atoms with van der Waals surface area (Å²) in [6, 6.07) is 0.459. The van der Waals surface area contributed by atoms with E-state index in [1.165, 1.54) is 11.8 Å². The predicted octanol–water partition coefficient (Wildman–Crippen LogP) is 1.82. The van der Waals surface area contributed by atoms with Crippen LogP contribution in [0.15, 0.2) is 9.72 Å². The van der Waals surface area contributed by atoms with Crippen LogP contribution in [0.25, 0.3) is 0 Å². The van der Waals surface area contributed by atoms with Gasteiger partial charge in [0.25, 0.3) is 0 Å². The Morgan fingerprint density at radius 3 is 3.14 bits per heavy atom. The molecular weight excluding hydrogens is 216 g/mol. The van der Waals surface area contributed by atoms with Crippen LogP contribution in [-0.4, -0.2) is 22.7 Å². The zero-order valence-electron chi connectivity index (χ0n) is 7.95. The number of aryl methyl sites for hydroxylation is 1. The predicted molar refractivity (Wildman–Crippen MR) is 58.7 cm³/mol. The number of hydrogen-bond acceptors (Lipinski definition) is 4. The number of aromatic nitrogens is 1. The molecule has 0 aliphatic heterocycles. The first-order chi connectivity index (χ1) is 6.74. The van der Waals surface area contributed by atoms with Gasteiger partial charge in [-0.05, 0) is 19.8 Å². The number of thioether (sulfide) groups is 1. The van der Waals surface area contributed by atoms with E-state index in [1.54, 1.807) is 11.3 Å². The summed E-state index contributed by atoms with van der Waals surface area (Å²) in [6.07, 6.45) is 2.29. The molecule has 1 fully saturated rings. The molecule has 0 aromatic carbocycles. The van der Waals surface area contributed by atoms with Crippen LogP contribution >= 0.6 is 23.1 Å². The molecule has 0 bridgehead atoms. The standard InChI is InChI=1S/C9H12N2OS2/c1-6-4-13-9(10-6)14-5-8(12)11-7-2-3-7/h4,7H,2-3,5H2,1H3,(H,11,12). The van der Waals surface area contributed by atoms with Crippen molar-refractivity contribution in [1.82, 2.24) is 10.3 Å². The summed E-state index contributed by atoms with van der Waals surface area (Å²) < 4.78 is 0.980. The van der Waals surface area contributed by atoms with Crippen molar-refractivity contribution in [2.45, 2.75) is 30.1 Å². The van der Waals surface area contributed by atoms with E-state index in [-0.39, 0.29) is 5.91 Å². The lowest BCUT2D eigenvalue weighted by atomic mass is 10.6. The number of thiazole rings is 1. The van der Waals surface area contributed by atoms with Crippen molar-refractivity contribution in [3.8, 4) is 0 Å². The quantitative estimate of drug-likeness (QED) is 0.799. The number of nitrogens with zero attached hydrogens (tertiary/aromatic N) is 1. The molecule has 5 heteroatoms. The minimum atomic E-state index is 0.130. The lowest BCUT2D eigenvalue weighted by molar-refractivity contribution is -0.118. The first-order valence-electron chi connectivity index (χ1n) is 4.58. The van der Waals surface area contributed by atoms with Crippen molar-refractivity contribution in [2.75, 3.05) is 5.75 Å². The number of carbonyl (C=O) groups is 1. The minimum Gasteiger partial charge on any atom is -0.353 e. The molecule has 0 radical (unpaired) electrons. The third-order valence-electron chi connectivity index (χ3n) is 1.87. The van der Waals surface area contributed by atoms with E-state index in [1.807, 2.05) is 12.3 Å². The molecule has 1 aliphatic carbocycles. The molecule has 0 atom stereocenters. The summed E-state index contributed by atoms with van der Waals surface area (Å²) >= 11 is 3.11. The highest BCUT2D eigenvalue weighted by Gasteiger charge is 2.23. The maximum absolute atomic E-state index is 11.3. The topological polar surface area (TPSA) is 42.0 Å². The highest BCUT2D eigenvalue weighted by molar-refractivity contribution is 8.01. The molecule has 1 saturated carbocycles. The summed E-state index contributed by atoms with van der Waals surface area (Å²) in [6.45, 7) is 1.96. The fraction of sp³-hybridized carbons (Fsp3) is 0.556. The van der Waals surface area contributed by atoms with Crippen LogP contribution < -0.4 is 5.32 Å². The van der Waals surface area contributed by atoms with Gasteiger partial charge < -0.3 is 5.32 Å². The summed E-state index contributed by atoms with van der Waals surface area (Å²) in [7, 11) is 0. The Morgan fingerprint density at radius 2 is 2.57 bits per heavy atom. The van der Waals surface area contributed by atoms with Gasteiger partial charge in [0, 0.05) is 17.1 Å². The lowest BCUT2D eigenvalue weighted by Crippen LogP contribution is -2.26. The van der Waals surface area contributed by atoms with E-state index in [9.17, 15) is 4.79 Å². The fourth-order valence-corrected chi connectivity index (χ4v) is 2.68. The van der Waals surface area contributed by atoms with Gasteiger partial charge in [0.05, 0.1) is 5.75 Å². The van der Waals surface area contributed by atoms with Crippen molar-refractivity contribution >= 4 is 29.0 Å². The highest BCUT2D eigenvalue weighted by Crippen LogP contribution is 2.23. The minimum absolute atomic E-state index is 0.130. The molecule has 1 aromatic rings. The Kier molecular flexibility index (Phi) is 3.08. The van der Waals surface area contributed by atoms with E-state index < -0.39 is 0 Å². The fourth-order valence-electron chi connectivity index (χ4n) is 1.02. The van der Waals surface area contributed by atoms with Crippen LogP contribution in [0.4, 0.5) is 0 Å². The van der Waals surface area contributed by atoms with Gasteiger partial charge in [-0.15, -0.1) is 11.3 Å². The van der Waals surface area contributed by atoms with Gasteiger partial charge in [-0.3, -0.25) is 4.79 Å². The summed E-state index contributed by atoms with van der Waals surface area (Å²) in [4.78, 5) is 15.6. The van der Waals surface area contributed by atoms with Crippen LogP contribution in [0.3, 0.4) is 0 Å². The molecule has 2 rings (SSSR count).